The van der Waals surface area contributed by atoms with Crippen LogP contribution in [-0.2, 0) is 11.8 Å². The monoisotopic (exact) mass is 474 g/mol. The lowest BCUT2D eigenvalue weighted by molar-refractivity contribution is 0.0488. The van der Waals surface area contributed by atoms with Crippen molar-refractivity contribution in [3.8, 4) is 0 Å². The Morgan fingerprint density at radius 1 is 1.23 bits per heavy atom. The van der Waals surface area contributed by atoms with E-state index in [4.69, 9.17) is 4.74 Å². The van der Waals surface area contributed by atoms with Crippen molar-refractivity contribution in [3.63, 3.8) is 0 Å². The van der Waals surface area contributed by atoms with Crippen LogP contribution in [0.3, 0.4) is 0 Å². The molecule has 3 aromatic rings. The van der Waals surface area contributed by atoms with Gasteiger partial charge in [0.15, 0.2) is 0 Å². The maximum atomic E-state index is 13.1. The van der Waals surface area contributed by atoms with Gasteiger partial charge in [-0.1, -0.05) is 15.9 Å². The second-order valence-electron chi connectivity index (χ2n) is 9.02. The molecule has 7 nitrogen and oxygen atoms in total. The Morgan fingerprint density at radius 3 is 2.60 bits per heavy atom. The predicted octanol–water partition coefficient (Wildman–Crippen LogP) is 4.66. The molecule has 0 aliphatic heterocycles. The van der Waals surface area contributed by atoms with E-state index in [1.165, 1.54) is 0 Å². The maximum Gasteiger partial charge on any atom is 0.407 e. The molecule has 1 amide bonds. The average molecular weight is 475 g/mol. The highest BCUT2D eigenvalue weighted by Gasteiger charge is 2.28. The summed E-state index contributed by atoms with van der Waals surface area (Å²) in [5.41, 5.74) is 2.09. The van der Waals surface area contributed by atoms with E-state index in [1.807, 2.05) is 43.5 Å². The quantitative estimate of drug-likeness (QED) is 0.585. The van der Waals surface area contributed by atoms with Crippen molar-refractivity contribution in [2.24, 2.45) is 7.05 Å². The number of halogens is 1. The summed E-state index contributed by atoms with van der Waals surface area (Å²) < 4.78 is 9.93. The maximum absolute atomic E-state index is 13.1. The summed E-state index contributed by atoms with van der Waals surface area (Å²) in [7, 11) is 1.79. The lowest BCUT2D eigenvalue weighted by Crippen LogP contribution is -2.41. The molecule has 30 heavy (non-hydrogen) atoms. The number of aryl methyl sites for hydroxylation is 1. The number of alkyl carbamates (subject to hydrolysis) is 1. The smallest absolute Gasteiger partial charge is 0.407 e. The van der Waals surface area contributed by atoms with E-state index >= 15 is 0 Å². The van der Waals surface area contributed by atoms with E-state index in [1.54, 1.807) is 17.8 Å². The van der Waals surface area contributed by atoms with E-state index in [0.717, 1.165) is 52.1 Å². The Labute approximate surface area is 183 Å². The molecule has 0 unspecified atom stereocenters. The van der Waals surface area contributed by atoms with Crippen molar-refractivity contribution in [2.75, 3.05) is 0 Å². The molecule has 1 fully saturated rings. The van der Waals surface area contributed by atoms with Gasteiger partial charge < -0.3 is 10.1 Å². The minimum atomic E-state index is -0.513. The summed E-state index contributed by atoms with van der Waals surface area (Å²) in [4.78, 5) is 29.7. The zero-order chi connectivity index (χ0) is 21.6. The Morgan fingerprint density at radius 2 is 1.93 bits per heavy atom. The van der Waals surface area contributed by atoms with Gasteiger partial charge in [-0.25, -0.2) is 9.59 Å². The third-order valence-corrected chi connectivity index (χ3v) is 6.15. The van der Waals surface area contributed by atoms with E-state index in [9.17, 15) is 9.59 Å². The number of ether oxygens (including phenoxy) is 1. The van der Waals surface area contributed by atoms with Gasteiger partial charge in [-0.15, -0.1) is 0 Å². The highest BCUT2D eigenvalue weighted by Crippen LogP contribution is 2.33. The minimum absolute atomic E-state index is 0.0252. The average Bonchev–Trinajstić information content (AvgIpc) is 2.92. The third kappa shape index (κ3) is 3.97. The van der Waals surface area contributed by atoms with E-state index in [0.29, 0.717) is 0 Å². The molecule has 1 aliphatic carbocycles. The van der Waals surface area contributed by atoms with Crippen LogP contribution < -0.4 is 11.0 Å². The summed E-state index contributed by atoms with van der Waals surface area (Å²) in [6, 6.07) is 6.09. The topological polar surface area (TPSA) is 78.2 Å². The largest absolute Gasteiger partial charge is 0.444 e. The lowest BCUT2D eigenvalue weighted by Gasteiger charge is -2.30. The van der Waals surface area contributed by atoms with Crippen molar-refractivity contribution in [2.45, 2.75) is 64.1 Å². The molecule has 0 saturated heterocycles. The molecule has 1 N–H and O–H groups in total. The third-order valence-electron chi connectivity index (χ3n) is 5.66. The van der Waals surface area contributed by atoms with Crippen LogP contribution in [0, 0.1) is 0 Å². The van der Waals surface area contributed by atoms with Crippen LogP contribution in [0.1, 0.15) is 52.5 Å². The van der Waals surface area contributed by atoms with Crippen LogP contribution in [-0.4, -0.2) is 31.9 Å². The molecule has 4 rings (SSSR count). The molecule has 1 saturated carbocycles. The normalized spacial score (nSPS) is 19.9. The number of amides is 1. The Bertz CT molecular complexity index is 1170. The highest BCUT2D eigenvalue weighted by molar-refractivity contribution is 9.10. The second kappa shape index (κ2) is 7.72. The van der Waals surface area contributed by atoms with Crippen LogP contribution >= 0.6 is 15.9 Å². The molecule has 0 atom stereocenters. The molecule has 1 aliphatic rings. The molecule has 0 bridgehead atoms. The first kappa shape index (κ1) is 20.9. The van der Waals surface area contributed by atoms with E-state index in [2.05, 4.69) is 26.2 Å². The number of carbonyl (C=O) groups is 1. The highest BCUT2D eigenvalue weighted by atomic mass is 79.9. The molecular formula is C22H27BrN4O3. The Hall–Kier alpha value is -2.35. The summed E-state index contributed by atoms with van der Waals surface area (Å²) in [5.74, 6) is 0. The number of imidazole rings is 1. The van der Waals surface area contributed by atoms with Crippen LogP contribution in [0.4, 0.5) is 4.79 Å². The van der Waals surface area contributed by atoms with Gasteiger partial charge in [-0.05, 0) is 64.7 Å². The summed E-state index contributed by atoms with van der Waals surface area (Å²) in [5, 5.41) is 3.94. The number of nitrogens with zero attached hydrogens (tertiary/aromatic N) is 3. The number of hydrogen-bond acceptors (Lipinski definition) is 4. The zero-order valence-electron chi connectivity index (χ0n) is 17.7. The van der Waals surface area contributed by atoms with Crippen molar-refractivity contribution in [1.82, 2.24) is 19.4 Å². The standard InChI is InChI=1S/C22H27BrN4O3/c1-22(2,3)30-20(28)25-14-6-8-15(9-7-14)27-19-16-11-13(23)5-10-17(16)24-12-18(19)26(4)21(27)29/h5,10-12,14-15H,6-9H2,1-4H3,(H,25,28)/t14-,15+. The Balaban J connectivity index is 1.62. The van der Waals surface area contributed by atoms with Crippen LogP contribution in [0.5, 0.6) is 0 Å². The fraction of sp³-hybridized carbons (Fsp3) is 0.500. The van der Waals surface area contributed by atoms with Crippen molar-refractivity contribution < 1.29 is 9.53 Å². The summed E-state index contributed by atoms with van der Waals surface area (Å²) in [6.45, 7) is 5.57. The first-order valence-electron chi connectivity index (χ1n) is 10.3. The number of aromatic nitrogens is 3. The first-order chi connectivity index (χ1) is 14.1. The SMILES string of the molecule is Cn1c(=O)n([C@H]2CC[C@@H](NC(=O)OC(C)(C)C)CC2)c2c3cc(Br)ccc3ncc21. The molecular weight excluding hydrogens is 448 g/mol. The van der Waals surface area contributed by atoms with Crippen molar-refractivity contribution in [3.05, 3.63) is 39.4 Å². The van der Waals surface area contributed by atoms with Gasteiger partial charge in [0.25, 0.3) is 0 Å². The lowest BCUT2D eigenvalue weighted by atomic mass is 9.91. The molecule has 2 heterocycles. The molecule has 0 radical (unpaired) electrons. The number of nitrogens with one attached hydrogen (secondary N) is 1. The predicted molar refractivity (Wildman–Crippen MR) is 121 cm³/mol. The number of hydrogen-bond donors (Lipinski definition) is 1. The number of fused-ring (bicyclic) bond motifs is 3. The van der Waals surface area contributed by atoms with Crippen LogP contribution in [0.2, 0.25) is 0 Å². The molecule has 2 aromatic heterocycles. The molecule has 1 aromatic carbocycles. The van der Waals surface area contributed by atoms with Gasteiger partial charge in [0.05, 0.1) is 22.7 Å². The molecule has 160 valence electrons. The summed E-state index contributed by atoms with van der Waals surface area (Å²) >= 11 is 3.54. The Kier molecular flexibility index (Phi) is 5.38. The first-order valence-corrected chi connectivity index (χ1v) is 11.1. The van der Waals surface area contributed by atoms with E-state index < -0.39 is 5.60 Å². The van der Waals surface area contributed by atoms with Crippen molar-refractivity contribution >= 4 is 44.0 Å². The molecule has 0 spiro atoms. The number of carbonyl (C=O) groups excluding carboxylic acids is 1. The van der Waals surface area contributed by atoms with Crippen molar-refractivity contribution in [1.29, 1.82) is 0 Å². The van der Waals surface area contributed by atoms with Gasteiger partial charge in [0.1, 0.15) is 5.60 Å². The number of pyridine rings is 1. The van der Waals surface area contributed by atoms with Crippen LogP contribution in [0.25, 0.3) is 21.9 Å². The van der Waals surface area contributed by atoms with Gasteiger partial charge in [0, 0.05) is 29.0 Å². The van der Waals surface area contributed by atoms with Gasteiger partial charge in [-0.3, -0.25) is 14.1 Å². The fourth-order valence-electron chi connectivity index (χ4n) is 4.29. The van der Waals surface area contributed by atoms with Gasteiger partial charge in [0.2, 0.25) is 0 Å². The number of benzene rings is 1. The summed E-state index contributed by atoms with van der Waals surface area (Å²) in [6.07, 6.45) is 4.64. The van der Waals surface area contributed by atoms with Gasteiger partial charge >= 0.3 is 11.8 Å². The fourth-order valence-corrected chi connectivity index (χ4v) is 4.65. The second-order valence-corrected chi connectivity index (χ2v) is 9.93. The van der Waals surface area contributed by atoms with Crippen LogP contribution in [0.15, 0.2) is 33.7 Å². The van der Waals surface area contributed by atoms with E-state index in [-0.39, 0.29) is 23.9 Å². The minimum Gasteiger partial charge on any atom is -0.444 e. The zero-order valence-corrected chi connectivity index (χ0v) is 19.3. The molecule has 8 heteroatoms. The van der Waals surface area contributed by atoms with Gasteiger partial charge in [-0.2, -0.15) is 0 Å². The number of rotatable bonds is 2.